The van der Waals surface area contributed by atoms with Crippen molar-refractivity contribution in [3.63, 3.8) is 0 Å². The lowest BCUT2D eigenvalue weighted by atomic mass is 10.4. The summed E-state index contributed by atoms with van der Waals surface area (Å²) >= 11 is 5.24. The summed E-state index contributed by atoms with van der Waals surface area (Å²) < 4.78 is 1.14. The van der Waals surface area contributed by atoms with Crippen LogP contribution in [0, 0.1) is 0 Å². The molecule has 1 nitrogen and oxygen atoms in total. The van der Waals surface area contributed by atoms with Crippen molar-refractivity contribution >= 4 is 27.7 Å². The molecule has 0 amide bonds. The summed E-state index contributed by atoms with van der Waals surface area (Å²) in [5.74, 6) is 1.10. The Kier molecular flexibility index (Phi) is 3.97. The van der Waals surface area contributed by atoms with Gasteiger partial charge in [-0.1, -0.05) is 15.9 Å². The van der Waals surface area contributed by atoms with Crippen LogP contribution in [0.5, 0.6) is 0 Å². The topological polar surface area (TPSA) is 27.6 Å². The largest absolute Gasteiger partial charge is 0.357 e. The molecule has 3 heteroatoms. The second-order valence-corrected chi connectivity index (χ2v) is 4.24. The highest BCUT2D eigenvalue weighted by molar-refractivity contribution is 9.10. The van der Waals surface area contributed by atoms with E-state index in [1.165, 1.54) is 4.90 Å². The minimum atomic E-state index is 0.987. The van der Waals surface area contributed by atoms with E-state index in [-0.39, 0.29) is 0 Å². The summed E-state index contributed by atoms with van der Waals surface area (Å²) in [5.41, 5.74) is 3.79. The maximum atomic E-state index is 3.79. The van der Waals surface area contributed by atoms with Crippen LogP contribution in [0.2, 0.25) is 0 Å². The third-order valence-corrected chi connectivity index (χ3v) is 2.85. The molecule has 1 aromatic rings. The molecule has 0 aromatic heterocycles. The molecule has 0 spiro atoms. The molecule has 0 saturated carbocycles. The van der Waals surface area contributed by atoms with Gasteiger partial charge in [-0.2, -0.15) is 0 Å². The average molecular weight is 233 g/mol. The van der Waals surface area contributed by atoms with Crippen LogP contribution in [0.15, 0.2) is 33.6 Å². The number of thioether (sulfide) groups is 1. The van der Waals surface area contributed by atoms with Crippen molar-refractivity contribution in [1.29, 1.82) is 0 Å². The summed E-state index contributed by atoms with van der Waals surface area (Å²) in [6.07, 6.45) is 0. The summed E-state index contributed by atoms with van der Waals surface area (Å²) in [6.45, 7) is 0.987. The molecule has 0 bridgehead atoms. The summed E-state index contributed by atoms with van der Waals surface area (Å²) in [6, 6.07) is 8.35. The van der Waals surface area contributed by atoms with Crippen LogP contribution in [-0.2, 0) is 0 Å². The second-order valence-electron chi connectivity index (χ2n) is 2.16. The van der Waals surface area contributed by atoms with Gasteiger partial charge >= 0.3 is 0 Å². The quantitative estimate of drug-likeness (QED) is 0.792. The molecule has 0 heterocycles. The number of hydrogen-bond donors (Lipinski definition) is 1. The van der Waals surface area contributed by atoms with Gasteiger partial charge in [0.05, 0.1) is 6.54 Å². The van der Waals surface area contributed by atoms with Crippen LogP contribution in [0.1, 0.15) is 0 Å². The SMILES string of the molecule is [NH3+]CCSc1ccc(Br)cc1. The van der Waals surface area contributed by atoms with Gasteiger partial charge in [0.2, 0.25) is 0 Å². The zero-order chi connectivity index (χ0) is 8.10. The van der Waals surface area contributed by atoms with E-state index < -0.39 is 0 Å². The average Bonchev–Trinajstić information content (AvgIpc) is 2.04. The van der Waals surface area contributed by atoms with Crippen molar-refractivity contribution in [3.05, 3.63) is 28.7 Å². The highest BCUT2D eigenvalue weighted by atomic mass is 79.9. The maximum Gasteiger partial charge on any atom is 0.0835 e. The van der Waals surface area contributed by atoms with E-state index in [9.17, 15) is 0 Å². The fraction of sp³-hybridized carbons (Fsp3) is 0.250. The first kappa shape index (κ1) is 9.10. The lowest BCUT2D eigenvalue weighted by molar-refractivity contribution is -0.360. The molecular weight excluding hydrogens is 222 g/mol. The van der Waals surface area contributed by atoms with E-state index in [1.807, 2.05) is 11.8 Å². The molecule has 0 fully saturated rings. The Balaban J connectivity index is 2.52. The molecule has 3 N–H and O–H groups in total. The first-order valence-corrected chi connectivity index (χ1v) is 5.28. The van der Waals surface area contributed by atoms with Crippen molar-refractivity contribution in [1.82, 2.24) is 0 Å². The van der Waals surface area contributed by atoms with E-state index in [0.717, 1.165) is 16.8 Å². The van der Waals surface area contributed by atoms with Crippen molar-refractivity contribution in [3.8, 4) is 0 Å². The summed E-state index contributed by atoms with van der Waals surface area (Å²) in [4.78, 5) is 1.32. The minimum Gasteiger partial charge on any atom is -0.357 e. The molecule has 60 valence electrons. The lowest BCUT2D eigenvalue weighted by Crippen LogP contribution is -2.51. The van der Waals surface area contributed by atoms with Crippen LogP contribution >= 0.6 is 27.7 Å². The molecule has 0 aliphatic carbocycles. The van der Waals surface area contributed by atoms with Crippen molar-refractivity contribution in [2.45, 2.75) is 4.90 Å². The van der Waals surface area contributed by atoms with E-state index in [2.05, 4.69) is 45.9 Å². The van der Waals surface area contributed by atoms with Gasteiger partial charge in [-0.05, 0) is 24.3 Å². The second kappa shape index (κ2) is 4.80. The van der Waals surface area contributed by atoms with Gasteiger partial charge in [0.1, 0.15) is 0 Å². The molecule has 11 heavy (non-hydrogen) atoms. The molecule has 0 atom stereocenters. The van der Waals surface area contributed by atoms with E-state index >= 15 is 0 Å². The summed E-state index contributed by atoms with van der Waals surface area (Å²) in [5, 5.41) is 0. The van der Waals surface area contributed by atoms with Crippen molar-refractivity contribution < 1.29 is 5.73 Å². The van der Waals surface area contributed by atoms with Crippen LogP contribution in [-0.4, -0.2) is 12.3 Å². The molecule has 0 aliphatic heterocycles. The Hall–Kier alpha value is 0.01000. The van der Waals surface area contributed by atoms with E-state index in [0.29, 0.717) is 0 Å². The molecule has 0 radical (unpaired) electrons. The van der Waals surface area contributed by atoms with Gasteiger partial charge in [-0.15, -0.1) is 11.8 Å². The first-order valence-electron chi connectivity index (χ1n) is 3.50. The van der Waals surface area contributed by atoms with E-state index in [4.69, 9.17) is 0 Å². The van der Waals surface area contributed by atoms with Gasteiger partial charge in [-0.3, -0.25) is 0 Å². The monoisotopic (exact) mass is 232 g/mol. The van der Waals surface area contributed by atoms with Crippen LogP contribution in [0.25, 0.3) is 0 Å². The molecule has 1 aromatic carbocycles. The predicted octanol–water partition coefficient (Wildman–Crippen LogP) is 1.78. The number of rotatable bonds is 3. The lowest BCUT2D eigenvalue weighted by Gasteiger charge is -1.97. The van der Waals surface area contributed by atoms with Crippen LogP contribution < -0.4 is 5.73 Å². The Morgan fingerprint density at radius 3 is 2.45 bits per heavy atom. The third-order valence-electron chi connectivity index (χ3n) is 1.23. The van der Waals surface area contributed by atoms with Gasteiger partial charge in [-0.25, -0.2) is 0 Å². The highest BCUT2D eigenvalue weighted by Crippen LogP contribution is 2.19. The standard InChI is InChI=1S/C8H10BrNS/c9-7-1-3-8(4-2-7)11-6-5-10/h1-4H,5-6,10H2/p+1. The van der Waals surface area contributed by atoms with Gasteiger partial charge < -0.3 is 5.73 Å². The molecule has 1 rings (SSSR count). The van der Waals surface area contributed by atoms with Crippen molar-refractivity contribution in [2.24, 2.45) is 0 Å². The molecule has 0 saturated heterocycles. The number of halogens is 1. The zero-order valence-electron chi connectivity index (χ0n) is 6.22. The normalized spacial score (nSPS) is 10.0. The Morgan fingerprint density at radius 1 is 1.27 bits per heavy atom. The zero-order valence-corrected chi connectivity index (χ0v) is 8.62. The van der Waals surface area contributed by atoms with Gasteiger partial charge in [0.15, 0.2) is 0 Å². The van der Waals surface area contributed by atoms with Gasteiger partial charge in [0, 0.05) is 15.1 Å². The Bertz CT molecular complexity index is 210. The van der Waals surface area contributed by atoms with Crippen molar-refractivity contribution in [2.75, 3.05) is 12.3 Å². The maximum absolute atomic E-state index is 3.79. The van der Waals surface area contributed by atoms with Gasteiger partial charge in [0.25, 0.3) is 0 Å². The molecular formula is C8H11BrNS+. The minimum absolute atomic E-state index is 0.987. The first-order chi connectivity index (χ1) is 5.33. The number of hydrogen-bond acceptors (Lipinski definition) is 1. The fourth-order valence-corrected chi connectivity index (χ4v) is 1.69. The Morgan fingerprint density at radius 2 is 1.91 bits per heavy atom. The van der Waals surface area contributed by atoms with Crippen LogP contribution in [0.3, 0.4) is 0 Å². The fourth-order valence-electron chi connectivity index (χ4n) is 0.721. The third kappa shape index (κ3) is 3.27. The summed E-state index contributed by atoms with van der Waals surface area (Å²) in [7, 11) is 0. The Labute approximate surface area is 79.5 Å². The molecule has 0 unspecified atom stereocenters. The van der Waals surface area contributed by atoms with Crippen LogP contribution in [0.4, 0.5) is 0 Å². The predicted molar refractivity (Wildman–Crippen MR) is 52.6 cm³/mol. The highest BCUT2D eigenvalue weighted by Gasteiger charge is 1.92. The number of benzene rings is 1. The van der Waals surface area contributed by atoms with E-state index in [1.54, 1.807) is 0 Å². The molecule has 0 aliphatic rings. The smallest absolute Gasteiger partial charge is 0.0835 e. The number of quaternary nitrogens is 1.